The van der Waals surface area contributed by atoms with Crippen molar-refractivity contribution in [2.45, 2.75) is 13.5 Å². The highest BCUT2D eigenvalue weighted by Crippen LogP contribution is 2.19. The van der Waals surface area contributed by atoms with Crippen molar-refractivity contribution in [3.8, 4) is 11.4 Å². The van der Waals surface area contributed by atoms with Crippen molar-refractivity contribution < 1.29 is 14.1 Å². The van der Waals surface area contributed by atoms with Gasteiger partial charge in [-0.3, -0.25) is 0 Å². The predicted octanol–water partition coefficient (Wildman–Crippen LogP) is 3.46. The lowest BCUT2D eigenvalue weighted by atomic mass is 10.1. The fraction of sp³-hybridized carbons (Fsp3) is 0.133. The highest BCUT2D eigenvalue weighted by Gasteiger charge is 2.12. The summed E-state index contributed by atoms with van der Waals surface area (Å²) < 4.78 is 10.2. The van der Waals surface area contributed by atoms with Crippen LogP contribution in [0.1, 0.15) is 21.8 Å². The summed E-state index contributed by atoms with van der Waals surface area (Å²) in [6.45, 7) is 1.88. The Labute approximate surface area is 125 Å². The van der Waals surface area contributed by atoms with Crippen LogP contribution in [0.4, 0.5) is 0 Å². The van der Waals surface area contributed by atoms with E-state index in [1.54, 1.807) is 23.5 Å². The van der Waals surface area contributed by atoms with Gasteiger partial charge in [-0.2, -0.15) is 16.3 Å². The summed E-state index contributed by atoms with van der Waals surface area (Å²) in [4.78, 5) is 16.1. The van der Waals surface area contributed by atoms with Gasteiger partial charge in [0.15, 0.2) is 6.61 Å². The Morgan fingerprint density at radius 1 is 1.38 bits per heavy atom. The molecule has 1 aromatic carbocycles. The maximum Gasteiger partial charge on any atom is 0.338 e. The topological polar surface area (TPSA) is 65.2 Å². The van der Waals surface area contributed by atoms with Crippen LogP contribution >= 0.6 is 11.3 Å². The van der Waals surface area contributed by atoms with Gasteiger partial charge in [0.1, 0.15) is 0 Å². The lowest BCUT2D eigenvalue weighted by molar-refractivity contribution is 0.0429. The highest BCUT2D eigenvalue weighted by atomic mass is 32.1. The Balaban J connectivity index is 1.64. The maximum atomic E-state index is 11.9. The van der Waals surface area contributed by atoms with Crippen molar-refractivity contribution in [1.82, 2.24) is 10.1 Å². The molecule has 21 heavy (non-hydrogen) atoms. The van der Waals surface area contributed by atoms with Crippen molar-refractivity contribution in [2.75, 3.05) is 0 Å². The molecule has 0 bridgehead atoms. The van der Waals surface area contributed by atoms with Crippen molar-refractivity contribution in [3.05, 3.63) is 58.1 Å². The molecule has 2 heterocycles. The molecule has 0 aliphatic carbocycles. The SMILES string of the molecule is Cc1cccc(C(=O)OCc2nc(-c3ccsc3)no2)c1. The van der Waals surface area contributed by atoms with Crippen LogP contribution in [-0.2, 0) is 11.3 Å². The average Bonchev–Trinajstić information content (AvgIpc) is 3.15. The minimum Gasteiger partial charge on any atom is -0.452 e. The number of ether oxygens (including phenoxy) is 1. The van der Waals surface area contributed by atoms with Crippen LogP contribution in [0, 0.1) is 6.92 Å². The Hall–Kier alpha value is -2.47. The predicted molar refractivity (Wildman–Crippen MR) is 77.9 cm³/mol. The van der Waals surface area contributed by atoms with E-state index in [2.05, 4.69) is 10.1 Å². The number of carbonyl (C=O) groups is 1. The lowest BCUT2D eigenvalue weighted by Crippen LogP contribution is -2.05. The van der Waals surface area contributed by atoms with Gasteiger partial charge in [0, 0.05) is 10.9 Å². The van der Waals surface area contributed by atoms with Gasteiger partial charge in [-0.25, -0.2) is 4.79 Å². The molecule has 0 amide bonds. The molecule has 0 aliphatic heterocycles. The monoisotopic (exact) mass is 300 g/mol. The second-order valence-corrected chi connectivity index (χ2v) is 5.25. The molecule has 6 heteroatoms. The van der Waals surface area contributed by atoms with Crippen LogP contribution < -0.4 is 0 Å². The van der Waals surface area contributed by atoms with Gasteiger partial charge < -0.3 is 9.26 Å². The van der Waals surface area contributed by atoms with E-state index in [0.717, 1.165) is 11.1 Å². The molecule has 0 N–H and O–H groups in total. The second-order valence-electron chi connectivity index (χ2n) is 4.47. The number of thiophene rings is 1. The minimum atomic E-state index is -0.408. The Bertz CT molecular complexity index is 750. The summed E-state index contributed by atoms with van der Waals surface area (Å²) in [6, 6.07) is 9.11. The van der Waals surface area contributed by atoms with E-state index in [0.29, 0.717) is 11.4 Å². The van der Waals surface area contributed by atoms with Gasteiger partial charge in [0.05, 0.1) is 5.56 Å². The summed E-state index contributed by atoms with van der Waals surface area (Å²) in [7, 11) is 0. The van der Waals surface area contributed by atoms with Crippen molar-refractivity contribution in [3.63, 3.8) is 0 Å². The van der Waals surface area contributed by atoms with Crippen molar-refractivity contribution in [1.29, 1.82) is 0 Å². The largest absolute Gasteiger partial charge is 0.452 e. The molecule has 0 spiro atoms. The first-order valence-electron chi connectivity index (χ1n) is 6.31. The number of esters is 1. The molecule has 0 aliphatic rings. The van der Waals surface area contributed by atoms with E-state index >= 15 is 0 Å². The second kappa shape index (κ2) is 5.88. The molecular weight excluding hydrogens is 288 g/mol. The molecule has 3 aromatic rings. The van der Waals surface area contributed by atoms with E-state index in [1.165, 1.54) is 0 Å². The number of aryl methyl sites for hydroxylation is 1. The number of rotatable bonds is 4. The van der Waals surface area contributed by atoms with Crippen LogP contribution in [0.3, 0.4) is 0 Å². The zero-order chi connectivity index (χ0) is 14.7. The van der Waals surface area contributed by atoms with Gasteiger partial charge in [-0.1, -0.05) is 22.9 Å². The van der Waals surface area contributed by atoms with Crippen LogP contribution in [0.25, 0.3) is 11.4 Å². The van der Waals surface area contributed by atoms with Gasteiger partial charge >= 0.3 is 5.97 Å². The fourth-order valence-corrected chi connectivity index (χ4v) is 2.44. The molecule has 3 rings (SSSR count). The van der Waals surface area contributed by atoms with E-state index in [4.69, 9.17) is 9.26 Å². The number of carbonyl (C=O) groups excluding carboxylic acids is 1. The quantitative estimate of drug-likeness (QED) is 0.690. The van der Waals surface area contributed by atoms with Crippen molar-refractivity contribution in [2.24, 2.45) is 0 Å². The summed E-state index contributed by atoms with van der Waals surface area (Å²) >= 11 is 1.55. The normalized spacial score (nSPS) is 10.5. The van der Waals surface area contributed by atoms with Gasteiger partial charge in [-0.05, 0) is 30.5 Å². The molecule has 0 unspecified atom stereocenters. The number of hydrogen-bond acceptors (Lipinski definition) is 6. The fourth-order valence-electron chi connectivity index (χ4n) is 1.81. The molecule has 2 aromatic heterocycles. The van der Waals surface area contributed by atoms with Gasteiger partial charge in [0.25, 0.3) is 5.89 Å². The minimum absolute atomic E-state index is 0.0378. The zero-order valence-corrected chi connectivity index (χ0v) is 12.1. The van der Waals surface area contributed by atoms with Gasteiger partial charge in [-0.15, -0.1) is 0 Å². The molecular formula is C15H12N2O3S. The standard InChI is InChI=1S/C15H12N2O3S/c1-10-3-2-4-11(7-10)15(18)19-8-13-16-14(17-20-13)12-5-6-21-9-12/h2-7,9H,8H2,1H3. The van der Waals surface area contributed by atoms with E-state index in [1.807, 2.05) is 35.9 Å². The van der Waals surface area contributed by atoms with Crippen molar-refractivity contribution >= 4 is 17.3 Å². The number of benzene rings is 1. The third-order valence-corrected chi connectivity index (χ3v) is 3.51. The molecule has 0 fully saturated rings. The molecule has 106 valence electrons. The highest BCUT2D eigenvalue weighted by molar-refractivity contribution is 7.08. The van der Waals surface area contributed by atoms with E-state index in [9.17, 15) is 4.79 Å². The third kappa shape index (κ3) is 3.17. The molecule has 0 atom stereocenters. The average molecular weight is 300 g/mol. The van der Waals surface area contributed by atoms with E-state index in [-0.39, 0.29) is 12.5 Å². The summed E-state index contributed by atoms with van der Waals surface area (Å²) in [5.74, 6) is 0.365. The Morgan fingerprint density at radius 3 is 3.05 bits per heavy atom. The number of nitrogens with zero attached hydrogens (tertiary/aromatic N) is 2. The Morgan fingerprint density at radius 2 is 2.29 bits per heavy atom. The van der Waals surface area contributed by atoms with Gasteiger partial charge in [0.2, 0.25) is 5.82 Å². The molecule has 0 saturated carbocycles. The smallest absolute Gasteiger partial charge is 0.338 e. The summed E-state index contributed by atoms with van der Waals surface area (Å²) in [5, 5.41) is 7.71. The van der Waals surface area contributed by atoms with Crippen LogP contribution in [0.2, 0.25) is 0 Å². The first-order valence-corrected chi connectivity index (χ1v) is 7.25. The summed E-state index contributed by atoms with van der Waals surface area (Å²) in [6.07, 6.45) is 0. The molecule has 0 saturated heterocycles. The first kappa shape index (κ1) is 13.5. The van der Waals surface area contributed by atoms with Crippen LogP contribution in [0.5, 0.6) is 0 Å². The third-order valence-electron chi connectivity index (χ3n) is 2.83. The Kier molecular flexibility index (Phi) is 3.79. The number of aromatic nitrogens is 2. The zero-order valence-electron chi connectivity index (χ0n) is 11.3. The molecule has 5 nitrogen and oxygen atoms in total. The van der Waals surface area contributed by atoms with E-state index < -0.39 is 5.97 Å². The first-order chi connectivity index (χ1) is 10.2. The summed E-state index contributed by atoms with van der Waals surface area (Å²) in [5.41, 5.74) is 2.40. The van der Waals surface area contributed by atoms with Crippen LogP contribution in [-0.4, -0.2) is 16.1 Å². The maximum absolute atomic E-state index is 11.9. The molecule has 0 radical (unpaired) electrons. The lowest BCUT2D eigenvalue weighted by Gasteiger charge is -2.02. The van der Waals surface area contributed by atoms with Crippen LogP contribution in [0.15, 0.2) is 45.6 Å². The number of hydrogen-bond donors (Lipinski definition) is 0.